The van der Waals surface area contributed by atoms with E-state index in [-0.39, 0.29) is 19.0 Å². The first kappa shape index (κ1) is 20.0. The Hall–Kier alpha value is -4.24. The number of rotatable bonds is 7. The van der Waals surface area contributed by atoms with Gasteiger partial charge in [-0.1, -0.05) is 24.1 Å². The van der Waals surface area contributed by atoms with Gasteiger partial charge in [-0.2, -0.15) is 5.10 Å². The SMILES string of the molecule is C#CCN(Cc1ccco1)C(=O)c1cc(-c2ccc(OC)cc2)n(-c2ccccc2)n1. The van der Waals surface area contributed by atoms with Crippen LogP contribution < -0.4 is 4.74 Å². The summed E-state index contributed by atoms with van der Waals surface area (Å²) in [7, 11) is 1.62. The zero-order valence-electron chi connectivity index (χ0n) is 17.1. The van der Waals surface area contributed by atoms with E-state index in [1.165, 1.54) is 4.90 Å². The second kappa shape index (κ2) is 9.06. The van der Waals surface area contributed by atoms with Crippen molar-refractivity contribution in [2.24, 2.45) is 0 Å². The molecule has 0 saturated carbocycles. The van der Waals surface area contributed by atoms with E-state index in [0.717, 1.165) is 22.7 Å². The maximum atomic E-state index is 13.3. The van der Waals surface area contributed by atoms with Crippen molar-refractivity contribution in [3.63, 3.8) is 0 Å². The van der Waals surface area contributed by atoms with Crippen molar-refractivity contribution < 1.29 is 13.9 Å². The van der Waals surface area contributed by atoms with Gasteiger partial charge in [-0.05, 0) is 54.6 Å². The lowest BCUT2D eigenvalue weighted by molar-refractivity contribution is 0.0749. The van der Waals surface area contributed by atoms with Crippen LogP contribution in [-0.2, 0) is 6.54 Å². The van der Waals surface area contributed by atoms with E-state index in [2.05, 4.69) is 11.0 Å². The first-order valence-electron chi connectivity index (χ1n) is 9.74. The molecule has 6 nitrogen and oxygen atoms in total. The monoisotopic (exact) mass is 411 g/mol. The van der Waals surface area contributed by atoms with Crippen LogP contribution in [0.2, 0.25) is 0 Å². The van der Waals surface area contributed by atoms with Gasteiger partial charge in [-0.15, -0.1) is 6.42 Å². The van der Waals surface area contributed by atoms with Crippen LogP contribution in [0.25, 0.3) is 16.9 Å². The summed E-state index contributed by atoms with van der Waals surface area (Å²) in [5.41, 5.74) is 2.85. The van der Waals surface area contributed by atoms with Crippen LogP contribution in [0.1, 0.15) is 16.2 Å². The van der Waals surface area contributed by atoms with Crippen molar-refractivity contribution in [2.75, 3.05) is 13.7 Å². The number of hydrogen-bond acceptors (Lipinski definition) is 4. The summed E-state index contributed by atoms with van der Waals surface area (Å²) in [6.45, 7) is 0.418. The Labute approximate surface area is 180 Å². The fourth-order valence-corrected chi connectivity index (χ4v) is 3.28. The smallest absolute Gasteiger partial charge is 0.275 e. The minimum atomic E-state index is -0.265. The van der Waals surface area contributed by atoms with Crippen molar-refractivity contribution >= 4 is 5.91 Å². The molecule has 1 amide bonds. The number of terminal acetylenes is 1. The van der Waals surface area contributed by atoms with Crippen LogP contribution in [0.3, 0.4) is 0 Å². The first-order valence-corrected chi connectivity index (χ1v) is 9.74. The standard InChI is InChI=1S/C25H21N3O3/c1-3-15-27(18-22-10-7-16-31-22)25(29)23-17-24(19-11-13-21(30-2)14-12-19)28(26-23)20-8-5-4-6-9-20/h1,4-14,16-17H,15,18H2,2H3. The summed E-state index contributed by atoms with van der Waals surface area (Å²) < 4.78 is 12.4. The highest BCUT2D eigenvalue weighted by Crippen LogP contribution is 2.26. The van der Waals surface area contributed by atoms with Crippen LogP contribution >= 0.6 is 0 Å². The lowest BCUT2D eigenvalue weighted by Gasteiger charge is -2.17. The van der Waals surface area contributed by atoms with E-state index >= 15 is 0 Å². The molecule has 2 aromatic carbocycles. The molecular weight excluding hydrogens is 390 g/mol. The molecule has 0 aliphatic carbocycles. The highest BCUT2D eigenvalue weighted by Gasteiger charge is 2.22. The van der Waals surface area contributed by atoms with Crippen molar-refractivity contribution in [1.29, 1.82) is 0 Å². The second-order valence-electron chi connectivity index (χ2n) is 6.84. The summed E-state index contributed by atoms with van der Waals surface area (Å²) >= 11 is 0. The van der Waals surface area contributed by atoms with Gasteiger partial charge >= 0.3 is 0 Å². The van der Waals surface area contributed by atoms with Gasteiger partial charge in [0.05, 0.1) is 37.8 Å². The van der Waals surface area contributed by atoms with Crippen LogP contribution in [0, 0.1) is 12.3 Å². The van der Waals surface area contributed by atoms with Crippen molar-refractivity contribution in [3.8, 4) is 35.0 Å². The number of carbonyl (C=O) groups is 1. The number of ether oxygens (including phenoxy) is 1. The van der Waals surface area contributed by atoms with E-state index in [9.17, 15) is 4.79 Å². The van der Waals surface area contributed by atoms with Gasteiger partial charge in [0.1, 0.15) is 11.5 Å². The topological polar surface area (TPSA) is 60.5 Å². The van der Waals surface area contributed by atoms with Gasteiger partial charge < -0.3 is 14.1 Å². The Bertz CT molecular complexity index is 1190. The van der Waals surface area contributed by atoms with Crippen molar-refractivity contribution in [2.45, 2.75) is 6.54 Å². The van der Waals surface area contributed by atoms with E-state index in [1.54, 1.807) is 30.2 Å². The zero-order chi connectivity index (χ0) is 21.6. The van der Waals surface area contributed by atoms with E-state index < -0.39 is 0 Å². The molecule has 2 heterocycles. The molecule has 0 unspecified atom stereocenters. The molecule has 0 N–H and O–H groups in total. The van der Waals surface area contributed by atoms with Gasteiger partial charge in [0.2, 0.25) is 0 Å². The average Bonchev–Trinajstić information content (AvgIpc) is 3.49. The zero-order valence-corrected chi connectivity index (χ0v) is 17.1. The van der Waals surface area contributed by atoms with E-state index in [1.807, 2.05) is 60.7 Å². The summed E-state index contributed by atoms with van der Waals surface area (Å²) in [5.74, 6) is 3.69. The summed E-state index contributed by atoms with van der Waals surface area (Å²) in [5, 5.41) is 4.63. The number of aromatic nitrogens is 2. The molecule has 0 fully saturated rings. The number of para-hydroxylation sites is 1. The van der Waals surface area contributed by atoms with Crippen LogP contribution in [0.5, 0.6) is 5.75 Å². The first-order chi connectivity index (χ1) is 15.2. The summed E-state index contributed by atoms with van der Waals surface area (Å²) in [6.07, 6.45) is 7.08. The number of hydrogen-bond donors (Lipinski definition) is 0. The van der Waals surface area contributed by atoms with Gasteiger partial charge in [-0.25, -0.2) is 4.68 Å². The Morgan fingerprint density at radius 3 is 2.55 bits per heavy atom. The maximum Gasteiger partial charge on any atom is 0.275 e. The minimum absolute atomic E-state index is 0.148. The number of methoxy groups -OCH3 is 1. The minimum Gasteiger partial charge on any atom is -0.497 e. The van der Waals surface area contributed by atoms with Crippen LogP contribution in [-0.4, -0.2) is 34.2 Å². The fraction of sp³-hybridized carbons (Fsp3) is 0.120. The number of amides is 1. The number of nitrogens with zero attached hydrogens (tertiary/aromatic N) is 3. The maximum absolute atomic E-state index is 13.3. The van der Waals surface area contributed by atoms with Gasteiger partial charge in [0.15, 0.2) is 5.69 Å². The fourth-order valence-electron chi connectivity index (χ4n) is 3.28. The normalized spacial score (nSPS) is 10.5. The van der Waals surface area contributed by atoms with E-state index in [0.29, 0.717) is 11.5 Å². The number of benzene rings is 2. The quantitative estimate of drug-likeness (QED) is 0.423. The lowest BCUT2D eigenvalue weighted by Crippen LogP contribution is -2.31. The molecule has 0 aliphatic heterocycles. The molecule has 31 heavy (non-hydrogen) atoms. The average molecular weight is 411 g/mol. The van der Waals surface area contributed by atoms with Crippen molar-refractivity contribution in [3.05, 3.63) is 90.5 Å². The van der Waals surface area contributed by atoms with Gasteiger partial charge in [0.25, 0.3) is 5.91 Å². The molecule has 0 saturated heterocycles. The predicted molar refractivity (Wildman–Crippen MR) is 118 cm³/mol. The molecule has 0 atom stereocenters. The highest BCUT2D eigenvalue weighted by molar-refractivity contribution is 5.93. The van der Waals surface area contributed by atoms with Crippen LogP contribution in [0.4, 0.5) is 0 Å². The van der Waals surface area contributed by atoms with E-state index in [4.69, 9.17) is 15.6 Å². The Kier molecular flexibility index (Phi) is 5.86. The molecule has 4 aromatic rings. The lowest BCUT2D eigenvalue weighted by atomic mass is 10.1. The predicted octanol–water partition coefficient (Wildman–Crippen LogP) is 4.42. The third-order valence-electron chi connectivity index (χ3n) is 4.81. The molecule has 6 heteroatoms. The summed E-state index contributed by atoms with van der Waals surface area (Å²) in [4.78, 5) is 14.8. The Morgan fingerprint density at radius 1 is 1.13 bits per heavy atom. The molecule has 2 aromatic heterocycles. The van der Waals surface area contributed by atoms with Gasteiger partial charge in [0, 0.05) is 5.56 Å². The molecule has 0 aliphatic rings. The van der Waals surface area contributed by atoms with Gasteiger partial charge in [-0.3, -0.25) is 4.79 Å². The highest BCUT2D eigenvalue weighted by atomic mass is 16.5. The molecule has 4 rings (SSSR count). The van der Waals surface area contributed by atoms with Crippen molar-refractivity contribution in [1.82, 2.24) is 14.7 Å². The molecule has 0 spiro atoms. The van der Waals surface area contributed by atoms with Crippen LogP contribution in [0.15, 0.2) is 83.5 Å². The Balaban J connectivity index is 1.74. The second-order valence-corrected chi connectivity index (χ2v) is 6.84. The molecule has 154 valence electrons. The third kappa shape index (κ3) is 4.36. The largest absolute Gasteiger partial charge is 0.497 e. The molecular formula is C25H21N3O3. The Morgan fingerprint density at radius 2 is 1.90 bits per heavy atom. The number of carbonyl (C=O) groups excluding carboxylic acids is 1. The number of furan rings is 1. The summed E-state index contributed by atoms with van der Waals surface area (Å²) in [6, 6.07) is 22.7. The third-order valence-corrected chi connectivity index (χ3v) is 4.81. The molecule has 0 bridgehead atoms. The molecule has 0 radical (unpaired) electrons.